The Kier molecular flexibility index (Phi) is 3.46. The van der Waals surface area contributed by atoms with Gasteiger partial charge in [0.2, 0.25) is 0 Å². The highest BCUT2D eigenvalue weighted by Gasteiger charge is 2.17. The molecule has 0 saturated heterocycles. The number of aliphatic hydroxyl groups is 1. The van der Waals surface area contributed by atoms with Crippen molar-refractivity contribution in [3.05, 3.63) is 70.0 Å². The van der Waals surface area contributed by atoms with Gasteiger partial charge in [0, 0.05) is 5.56 Å². The van der Waals surface area contributed by atoms with Gasteiger partial charge in [0.15, 0.2) is 0 Å². The summed E-state index contributed by atoms with van der Waals surface area (Å²) >= 11 is 5.76. The van der Waals surface area contributed by atoms with Gasteiger partial charge in [-0.1, -0.05) is 48.0 Å². The highest BCUT2D eigenvalue weighted by molar-refractivity contribution is 6.30. The SMILES string of the molecule is Cc1cc(Cl)c(F)c(C(O)c2ccccc2)c1. The Morgan fingerprint density at radius 2 is 1.82 bits per heavy atom. The molecule has 1 nitrogen and oxygen atoms in total. The first-order valence-corrected chi connectivity index (χ1v) is 5.66. The minimum absolute atomic E-state index is 0.0370. The van der Waals surface area contributed by atoms with Crippen molar-refractivity contribution in [1.82, 2.24) is 0 Å². The van der Waals surface area contributed by atoms with Crippen molar-refractivity contribution >= 4 is 11.6 Å². The Bertz CT molecular complexity index is 525. The van der Waals surface area contributed by atoms with Gasteiger partial charge in [-0.15, -0.1) is 0 Å². The van der Waals surface area contributed by atoms with E-state index in [0.29, 0.717) is 5.56 Å². The van der Waals surface area contributed by atoms with E-state index < -0.39 is 11.9 Å². The molecule has 1 N–H and O–H groups in total. The predicted octanol–water partition coefficient (Wildman–Crippen LogP) is 3.87. The summed E-state index contributed by atoms with van der Waals surface area (Å²) in [5.41, 5.74) is 1.68. The van der Waals surface area contributed by atoms with Crippen LogP contribution in [0.4, 0.5) is 4.39 Å². The lowest BCUT2D eigenvalue weighted by atomic mass is 9.99. The fourth-order valence-corrected chi connectivity index (χ4v) is 2.05. The maximum atomic E-state index is 13.8. The zero-order valence-electron chi connectivity index (χ0n) is 9.32. The molecule has 0 radical (unpaired) electrons. The number of aryl methyl sites for hydroxylation is 1. The standard InChI is InChI=1S/C14H12ClFO/c1-9-7-11(13(16)12(15)8-9)14(17)10-5-3-2-4-6-10/h2-8,14,17H,1H3. The summed E-state index contributed by atoms with van der Waals surface area (Å²) in [6.07, 6.45) is -0.992. The molecular formula is C14H12ClFO. The number of hydrogen-bond donors (Lipinski definition) is 1. The number of rotatable bonds is 2. The smallest absolute Gasteiger partial charge is 0.147 e. The molecule has 2 aromatic rings. The highest BCUT2D eigenvalue weighted by atomic mass is 35.5. The molecule has 0 bridgehead atoms. The molecule has 0 aliphatic rings. The van der Waals surface area contributed by atoms with Gasteiger partial charge in [-0.05, 0) is 24.1 Å². The van der Waals surface area contributed by atoms with E-state index in [2.05, 4.69) is 0 Å². The normalized spacial score (nSPS) is 12.5. The van der Waals surface area contributed by atoms with E-state index in [9.17, 15) is 9.50 Å². The first-order valence-electron chi connectivity index (χ1n) is 5.28. The first kappa shape index (κ1) is 12.1. The van der Waals surface area contributed by atoms with Crippen molar-refractivity contribution in [3.63, 3.8) is 0 Å². The van der Waals surface area contributed by atoms with Crippen LogP contribution in [-0.4, -0.2) is 5.11 Å². The third-order valence-corrected chi connectivity index (χ3v) is 2.89. The molecule has 2 rings (SSSR count). The maximum Gasteiger partial charge on any atom is 0.147 e. The summed E-state index contributed by atoms with van der Waals surface area (Å²) in [5, 5.41) is 10.2. The molecule has 0 saturated carbocycles. The van der Waals surface area contributed by atoms with Gasteiger partial charge < -0.3 is 5.11 Å². The van der Waals surface area contributed by atoms with Crippen molar-refractivity contribution in [1.29, 1.82) is 0 Å². The van der Waals surface area contributed by atoms with E-state index in [1.807, 2.05) is 13.0 Å². The number of halogens is 2. The van der Waals surface area contributed by atoms with Gasteiger partial charge in [0.25, 0.3) is 0 Å². The lowest BCUT2D eigenvalue weighted by Crippen LogP contribution is -2.03. The molecule has 0 spiro atoms. The summed E-state index contributed by atoms with van der Waals surface area (Å²) < 4.78 is 13.8. The van der Waals surface area contributed by atoms with E-state index in [-0.39, 0.29) is 10.6 Å². The van der Waals surface area contributed by atoms with Gasteiger partial charge in [-0.3, -0.25) is 0 Å². The first-order chi connectivity index (χ1) is 8.09. The zero-order chi connectivity index (χ0) is 12.4. The molecule has 0 aliphatic heterocycles. The van der Waals surface area contributed by atoms with E-state index in [1.165, 1.54) is 6.07 Å². The van der Waals surface area contributed by atoms with Crippen LogP contribution in [-0.2, 0) is 0 Å². The van der Waals surface area contributed by atoms with E-state index in [1.54, 1.807) is 30.3 Å². The van der Waals surface area contributed by atoms with Crippen molar-refractivity contribution < 1.29 is 9.50 Å². The molecule has 1 atom stereocenters. The Balaban J connectivity index is 2.48. The molecule has 0 aliphatic carbocycles. The van der Waals surface area contributed by atoms with Gasteiger partial charge in [-0.25, -0.2) is 4.39 Å². The van der Waals surface area contributed by atoms with Crippen molar-refractivity contribution in [3.8, 4) is 0 Å². The predicted molar refractivity (Wildman–Crippen MR) is 66.7 cm³/mol. The Hall–Kier alpha value is -1.38. The Morgan fingerprint density at radius 1 is 1.18 bits per heavy atom. The highest BCUT2D eigenvalue weighted by Crippen LogP contribution is 2.29. The average molecular weight is 251 g/mol. The zero-order valence-corrected chi connectivity index (χ0v) is 10.1. The Labute approximate surface area is 104 Å². The van der Waals surface area contributed by atoms with Gasteiger partial charge in [0.1, 0.15) is 11.9 Å². The average Bonchev–Trinajstić information content (AvgIpc) is 2.34. The van der Waals surface area contributed by atoms with E-state index in [4.69, 9.17) is 11.6 Å². The van der Waals surface area contributed by atoms with Crippen LogP contribution in [0.25, 0.3) is 0 Å². The largest absolute Gasteiger partial charge is 0.384 e. The molecule has 1 unspecified atom stereocenters. The molecule has 0 heterocycles. The third-order valence-electron chi connectivity index (χ3n) is 2.61. The topological polar surface area (TPSA) is 20.2 Å². The van der Waals surface area contributed by atoms with Crippen LogP contribution in [0.3, 0.4) is 0 Å². The van der Waals surface area contributed by atoms with Crippen LogP contribution in [0.2, 0.25) is 5.02 Å². The quantitative estimate of drug-likeness (QED) is 0.858. The summed E-state index contributed by atoms with van der Waals surface area (Å²) in [5.74, 6) is -0.561. The van der Waals surface area contributed by atoms with Crippen molar-refractivity contribution in [2.45, 2.75) is 13.0 Å². The van der Waals surface area contributed by atoms with Crippen LogP contribution in [0.15, 0.2) is 42.5 Å². The summed E-state index contributed by atoms with van der Waals surface area (Å²) in [6.45, 7) is 1.81. The van der Waals surface area contributed by atoms with Gasteiger partial charge in [0.05, 0.1) is 5.02 Å². The lowest BCUT2D eigenvalue weighted by Gasteiger charge is -2.14. The van der Waals surface area contributed by atoms with Crippen LogP contribution in [0.5, 0.6) is 0 Å². The second kappa shape index (κ2) is 4.86. The molecule has 0 aromatic heterocycles. The minimum Gasteiger partial charge on any atom is -0.384 e. The monoisotopic (exact) mass is 250 g/mol. The van der Waals surface area contributed by atoms with E-state index in [0.717, 1.165) is 5.56 Å². The number of hydrogen-bond acceptors (Lipinski definition) is 1. The maximum absolute atomic E-state index is 13.8. The second-order valence-corrected chi connectivity index (χ2v) is 4.37. The molecule has 3 heteroatoms. The Morgan fingerprint density at radius 3 is 2.47 bits per heavy atom. The lowest BCUT2D eigenvalue weighted by molar-refractivity contribution is 0.215. The third kappa shape index (κ3) is 2.48. The molecule has 88 valence electrons. The molecule has 2 aromatic carbocycles. The second-order valence-electron chi connectivity index (χ2n) is 3.96. The number of benzene rings is 2. The molecule has 17 heavy (non-hydrogen) atoms. The molecular weight excluding hydrogens is 239 g/mol. The van der Waals surface area contributed by atoms with Gasteiger partial charge >= 0.3 is 0 Å². The van der Waals surface area contributed by atoms with Crippen LogP contribution >= 0.6 is 11.6 Å². The molecule has 0 fully saturated rings. The van der Waals surface area contributed by atoms with Gasteiger partial charge in [-0.2, -0.15) is 0 Å². The van der Waals surface area contributed by atoms with Crippen LogP contribution in [0, 0.1) is 12.7 Å². The van der Waals surface area contributed by atoms with Crippen molar-refractivity contribution in [2.75, 3.05) is 0 Å². The van der Waals surface area contributed by atoms with Crippen molar-refractivity contribution in [2.24, 2.45) is 0 Å². The fraction of sp³-hybridized carbons (Fsp3) is 0.143. The van der Waals surface area contributed by atoms with E-state index >= 15 is 0 Å². The molecule has 0 amide bonds. The van der Waals surface area contributed by atoms with Crippen LogP contribution in [0.1, 0.15) is 22.8 Å². The summed E-state index contributed by atoms with van der Waals surface area (Å²) in [6, 6.07) is 12.1. The van der Waals surface area contributed by atoms with Crippen LogP contribution < -0.4 is 0 Å². The summed E-state index contributed by atoms with van der Waals surface area (Å²) in [7, 11) is 0. The fourth-order valence-electron chi connectivity index (χ4n) is 1.77. The number of aliphatic hydroxyl groups excluding tert-OH is 1. The summed E-state index contributed by atoms with van der Waals surface area (Å²) in [4.78, 5) is 0. The minimum atomic E-state index is -0.992.